The molecule has 1 unspecified atom stereocenters. The number of nitrogens with two attached hydrogens (primary N) is 1. The van der Waals surface area contributed by atoms with E-state index in [0.717, 1.165) is 0 Å². The summed E-state index contributed by atoms with van der Waals surface area (Å²) >= 11 is 3.25. The molecule has 2 heterocycles. The van der Waals surface area contributed by atoms with Crippen molar-refractivity contribution in [2.75, 3.05) is 23.5 Å². The van der Waals surface area contributed by atoms with E-state index in [4.69, 9.17) is 5.84 Å². The Kier molecular flexibility index (Phi) is 4.31. The van der Waals surface area contributed by atoms with Gasteiger partial charge in [-0.1, -0.05) is 0 Å². The van der Waals surface area contributed by atoms with Gasteiger partial charge in [0.2, 0.25) is 0 Å². The number of halogens is 1. The predicted octanol–water partition coefficient (Wildman–Crippen LogP) is 0.389. The fourth-order valence-corrected chi connectivity index (χ4v) is 4.06. The summed E-state index contributed by atoms with van der Waals surface area (Å²) in [5, 5.41) is 0. The zero-order valence-electron chi connectivity index (χ0n) is 10.8. The normalized spacial score (nSPS) is 21.6. The molecule has 0 bridgehead atoms. The molecule has 1 saturated heterocycles. The highest BCUT2D eigenvalue weighted by molar-refractivity contribution is 9.10. The second-order valence-electron chi connectivity index (χ2n) is 4.66. The summed E-state index contributed by atoms with van der Waals surface area (Å²) in [4.78, 5) is 18.1. The SMILES string of the molecule is CC1CS(=O)(=O)CCN1C(=O)c1cc(Br)cnc1NN. The molecule has 0 saturated carbocycles. The van der Waals surface area contributed by atoms with Gasteiger partial charge in [0.15, 0.2) is 15.7 Å². The van der Waals surface area contributed by atoms with Crippen molar-refractivity contribution in [2.45, 2.75) is 13.0 Å². The molecule has 3 N–H and O–H groups in total. The van der Waals surface area contributed by atoms with Gasteiger partial charge in [0.05, 0.1) is 17.1 Å². The highest BCUT2D eigenvalue weighted by Gasteiger charge is 2.32. The van der Waals surface area contributed by atoms with Crippen LogP contribution in [0.1, 0.15) is 17.3 Å². The summed E-state index contributed by atoms with van der Waals surface area (Å²) in [5.74, 6) is 5.29. The zero-order chi connectivity index (χ0) is 14.9. The number of hydrogen-bond donors (Lipinski definition) is 2. The molecule has 0 spiro atoms. The van der Waals surface area contributed by atoms with Gasteiger partial charge in [0, 0.05) is 23.3 Å². The summed E-state index contributed by atoms with van der Waals surface area (Å²) in [5.41, 5.74) is 2.69. The molecule has 1 aromatic heterocycles. The Labute approximate surface area is 125 Å². The maximum atomic E-state index is 12.5. The third-order valence-corrected chi connectivity index (χ3v) is 5.38. The van der Waals surface area contributed by atoms with Crippen molar-refractivity contribution in [1.29, 1.82) is 0 Å². The number of aromatic nitrogens is 1. The average molecular weight is 363 g/mol. The minimum Gasteiger partial charge on any atom is -0.334 e. The first-order valence-electron chi connectivity index (χ1n) is 5.97. The number of nitrogen functional groups attached to an aromatic ring is 1. The van der Waals surface area contributed by atoms with Gasteiger partial charge in [0.1, 0.15) is 0 Å². The van der Waals surface area contributed by atoms with Crippen molar-refractivity contribution in [3.8, 4) is 0 Å². The maximum Gasteiger partial charge on any atom is 0.257 e. The van der Waals surface area contributed by atoms with Crippen molar-refractivity contribution in [3.63, 3.8) is 0 Å². The molecular weight excluding hydrogens is 348 g/mol. The van der Waals surface area contributed by atoms with E-state index in [9.17, 15) is 13.2 Å². The summed E-state index contributed by atoms with van der Waals surface area (Å²) in [6.45, 7) is 1.90. The van der Waals surface area contributed by atoms with E-state index in [1.807, 2.05) is 0 Å². The Morgan fingerprint density at radius 3 is 2.90 bits per heavy atom. The number of pyridine rings is 1. The lowest BCUT2D eigenvalue weighted by Crippen LogP contribution is -2.49. The van der Waals surface area contributed by atoms with Crippen LogP contribution in [0.2, 0.25) is 0 Å². The van der Waals surface area contributed by atoms with Crippen molar-refractivity contribution < 1.29 is 13.2 Å². The number of hydrogen-bond acceptors (Lipinski definition) is 6. The number of amides is 1. The van der Waals surface area contributed by atoms with E-state index in [2.05, 4.69) is 26.3 Å². The Hall–Kier alpha value is -1.19. The number of nitrogens with zero attached hydrogens (tertiary/aromatic N) is 2. The third-order valence-electron chi connectivity index (χ3n) is 3.15. The second-order valence-corrected chi connectivity index (χ2v) is 7.80. The minimum atomic E-state index is -3.06. The van der Waals surface area contributed by atoms with Crippen LogP contribution in [0.15, 0.2) is 16.7 Å². The van der Waals surface area contributed by atoms with Gasteiger partial charge in [-0.2, -0.15) is 0 Å². The lowest BCUT2D eigenvalue weighted by Gasteiger charge is -2.33. The van der Waals surface area contributed by atoms with Gasteiger partial charge < -0.3 is 10.3 Å². The van der Waals surface area contributed by atoms with Crippen LogP contribution in [0, 0.1) is 0 Å². The Bertz CT molecular complexity index is 635. The van der Waals surface area contributed by atoms with Crippen LogP contribution >= 0.6 is 15.9 Å². The smallest absolute Gasteiger partial charge is 0.257 e. The van der Waals surface area contributed by atoms with E-state index in [-0.39, 0.29) is 35.8 Å². The van der Waals surface area contributed by atoms with Gasteiger partial charge in [-0.05, 0) is 28.9 Å². The second kappa shape index (κ2) is 5.66. The number of nitrogens with one attached hydrogen (secondary N) is 1. The van der Waals surface area contributed by atoms with Crippen molar-refractivity contribution in [1.82, 2.24) is 9.88 Å². The quantitative estimate of drug-likeness (QED) is 0.582. The molecule has 7 nitrogen and oxygen atoms in total. The first-order chi connectivity index (χ1) is 9.34. The topological polar surface area (TPSA) is 105 Å². The summed E-state index contributed by atoms with van der Waals surface area (Å²) in [6.07, 6.45) is 1.52. The highest BCUT2D eigenvalue weighted by Crippen LogP contribution is 2.22. The Morgan fingerprint density at radius 1 is 1.60 bits per heavy atom. The van der Waals surface area contributed by atoms with Gasteiger partial charge in [-0.3, -0.25) is 4.79 Å². The molecule has 1 aliphatic rings. The molecule has 1 atom stereocenters. The zero-order valence-corrected chi connectivity index (χ0v) is 13.2. The van der Waals surface area contributed by atoms with Gasteiger partial charge in [0.25, 0.3) is 5.91 Å². The number of anilines is 1. The van der Waals surface area contributed by atoms with Crippen LogP contribution < -0.4 is 11.3 Å². The van der Waals surface area contributed by atoms with Gasteiger partial charge in [-0.15, -0.1) is 0 Å². The lowest BCUT2D eigenvalue weighted by molar-refractivity contribution is 0.0713. The van der Waals surface area contributed by atoms with Crippen molar-refractivity contribution >= 4 is 37.5 Å². The Morgan fingerprint density at radius 2 is 2.30 bits per heavy atom. The van der Waals surface area contributed by atoms with E-state index >= 15 is 0 Å². The van der Waals surface area contributed by atoms with Gasteiger partial charge in [-0.25, -0.2) is 19.2 Å². The molecule has 1 aliphatic heterocycles. The lowest BCUT2D eigenvalue weighted by atomic mass is 10.2. The van der Waals surface area contributed by atoms with Crippen LogP contribution in [-0.4, -0.2) is 48.3 Å². The monoisotopic (exact) mass is 362 g/mol. The van der Waals surface area contributed by atoms with E-state index in [0.29, 0.717) is 10.0 Å². The van der Waals surface area contributed by atoms with E-state index in [1.165, 1.54) is 11.1 Å². The first-order valence-corrected chi connectivity index (χ1v) is 8.59. The fourth-order valence-electron chi connectivity index (χ4n) is 2.17. The first kappa shape index (κ1) is 15.2. The number of carbonyl (C=O) groups excluding carboxylic acids is 1. The molecule has 110 valence electrons. The number of carbonyl (C=O) groups is 1. The number of rotatable bonds is 2. The van der Waals surface area contributed by atoms with Crippen LogP contribution in [0.4, 0.5) is 5.82 Å². The summed E-state index contributed by atoms with van der Waals surface area (Å²) in [6, 6.07) is 1.24. The molecular formula is C11H15BrN4O3S. The molecule has 1 amide bonds. The highest BCUT2D eigenvalue weighted by atomic mass is 79.9. The third kappa shape index (κ3) is 3.10. The fraction of sp³-hybridized carbons (Fsp3) is 0.455. The van der Waals surface area contributed by atoms with Crippen LogP contribution in [0.25, 0.3) is 0 Å². The average Bonchev–Trinajstić information content (AvgIpc) is 2.37. The van der Waals surface area contributed by atoms with Crippen LogP contribution in [-0.2, 0) is 9.84 Å². The largest absolute Gasteiger partial charge is 0.334 e. The standard InChI is InChI=1S/C11H15BrN4O3S/c1-7-6-20(18,19)3-2-16(7)11(17)9-4-8(12)5-14-10(9)15-13/h4-5,7H,2-3,6,13H2,1H3,(H,14,15). The predicted molar refractivity (Wildman–Crippen MR) is 78.9 cm³/mol. The van der Waals surface area contributed by atoms with Crippen molar-refractivity contribution in [3.05, 3.63) is 22.3 Å². The van der Waals surface area contributed by atoms with E-state index in [1.54, 1.807) is 13.0 Å². The van der Waals surface area contributed by atoms with E-state index < -0.39 is 9.84 Å². The Balaban J connectivity index is 2.30. The number of sulfone groups is 1. The van der Waals surface area contributed by atoms with Crippen molar-refractivity contribution in [2.24, 2.45) is 5.84 Å². The molecule has 2 rings (SSSR count). The molecule has 1 fully saturated rings. The molecule has 0 aromatic carbocycles. The van der Waals surface area contributed by atoms with Crippen LogP contribution in [0.3, 0.4) is 0 Å². The minimum absolute atomic E-state index is 0.0180. The molecule has 1 aromatic rings. The molecule has 0 radical (unpaired) electrons. The molecule has 20 heavy (non-hydrogen) atoms. The maximum absolute atomic E-state index is 12.5. The summed E-state index contributed by atoms with van der Waals surface area (Å²) < 4.78 is 23.8. The molecule has 9 heteroatoms. The summed E-state index contributed by atoms with van der Waals surface area (Å²) in [7, 11) is -3.06. The number of hydrazine groups is 1. The molecule has 0 aliphatic carbocycles. The van der Waals surface area contributed by atoms with Crippen LogP contribution in [0.5, 0.6) is 0 Å². The van der Waals surface area contributed by atoms with Gasteiger partial charge >= 0.3 is 0 Å².